The summed E-state index contributed by atoms with van der Waals surface area (Å²) in [5, 5.41) is 6.77. The summed E-state index contributed by atoms with van der Waals surface area (Å²) in [5.41, 5.74) is 0. The van der Waals surface area contributed by atoms with Gasteiger partial charge in [0.05, 0.1) is 19.3 Å². The Hall–Kier alpha value is -0.120. The first kappa shape index (κ1) is 20.9. The Morgan fingerprint density at radius 1 is 1.17 bits per heavy atom. The maximum atomic E-state index is 5.76. The highest BCUT2D eigenvalue weighted by Crippen LogP contribution is 2.07. The smallest absolute Gasteiger partial charge is 0.191 e. The molecule has 0 saturated carbocycles. The Kier molecular flexibility index (Phi) is 11.2. The van der Waals surface area contributed by atoms with E-state index in [0.29, 0.717) is 0 Å². The second-order valence-corrected chi connectivity index (χ2v) is 6.30. The van der Waals surface area contributed by atoms with Crippen LogP contribution < -0.4 is 10.6 Å². The molecule has 23 heavy (non-hydrogen) atoms. The van der Waals surface area contributed by atoms with Gasteiger partial charge in [-0.25, -0.2) is 0 Å². The van der Waals surface area contributed by atoms with Crippen LogP contribution in [0.2, 0.25) is 0 Å². The van der Waals surface area contributed by atoms with Crippen molar-refractivity contribution in [3.8, 4) is 0 Å². The molecule has 0 aromatic carbocycles. The van der Waals surface area contributed by atoms with Gasteiger partial charge in [0.15, 0.2) is 5.96 Å². The lowest BCUT2D eigenvalue weighted by atomic mass is 10.1. The molecule has 0 amide bonds. The Morgan fingerprint density at radius 2 is 1.96 bits per heavy atom. The molecule has 0 bridgehead atoms. The van der Waals surface area contributed by atoms with Gasteiger partial charge in [-0.1, -0.05) is 6.42 Å². The predicted octanol–water partition coefficient (Wildman–Crippen LogP) is 0.976. The molecule has 0 spiro atoms. The number of likely N-dealkylation sites (N-methyl/N-ethyl adjacent to an activating group) is 1. The maximum absolute atomic E-state index is 5.76. The van der Waals surface area contributed by atoms with Crippen LogP contribution in [0.5, 0.6) is 0 Å². The fraction of sp³-hybridized carbons (Fsp3) is 0.938. The number of piperidine rings is 1. The van der Waals surface area contributed by atoms with Gasteiger partial charge in [0.1, 0.15) is 0 Å². The topological polar surface area (TPSA) is 52.1 Å². The standard InChI is InChI=1S/C16H33N5O.HI/c1-3-17-16(18-7-10-21-8-5-4-6-9-21)19-13-15-14-20(2)11-12-22-15;/h15H,3-14H2,1-2H3,(H2,17,18,19);1H. The Morgan fingerprint density at radius 3 is 2.65 bits per heavy atom. The fourth-order valence-electron chi connectivity index (χ4n) is 3.03. The number of nitrogens with one attached hydrogen (secondary N) is 2. The van der Waals surface area contributed by atoms with E-state index in [9.17, 15) is 0 Å². The van der Waals surface area contributed by atoms with E-state index in [1.165, 1.54) is 32.4 Å². The van der Waals surface area contributed by atoms with E-state index < -0.39 is 0 Å². The molecule has 136 valence electrons. The quantitative estimate of drug-likeness (QED) is 0.367. The average Bonchev–Trinajstić information content (AvgIpc) is 2.54. The highest BCUT2D eigenvalue weighted by atomic mass is 127. The van der Waals surface area contributed by atoms with E-state index in [0.717, 1.165) is 51.8 Å². The third-order valence-electron chi connectivity index (χ3n) is 4.31. The van der Waals surface area contributed by atoms with Gasteiger partial charge in [0, 0.05) is 32.7 Å². The SMILES string of the molecule is CCNC(=NCC1CN(C)CCO1)NCCN1CCCCC1.I. The molecule has 1 unspecified atom stereocenters. The number of guanidine groups is 1. The van der Waals surface area contributed by atoms with Crippen LogP contribution in [0.1, 0.15) is 26.2 Å². The van der Waals surface area contributed by atoms with E-state index in [-0.39, 0.29) is 30.1 Å². The normalized spacial score (nSPS) is 24.1. The molecular formula is C16H34IN5O. The van der Waals surface area contributed by atoms with E-state index in [1.807, 2.05) is 0 Å². The van der Waals surface area contributed by atoms with Gasteiger partial charge in [0.25, 0.3) is 0 Å². The van der Waals surface area contributed by atoms with Crippen molar-refractivity contribution in [3.63, 3.8) is 0 Å². The fourth-order valence-corrected chi connectivity index (χ4v) is 3.03. The van der Waals surface area contributed by atoms with Crippen molar-refractivity contribution in [3.05, 3.63) is 0 Å². The molecule has 2 heterocycles. The van der Waals surface area contributed by atoms with Gasteiger partial charge in [-0.3, -0.25) is 4.99 Å². The molecule has 2 aliphatic heterocycles. The summed E-state index contributed by atoms with van der Waals surface area (Å²) in [7, 11) is 2.14. The molecule has 2 rings (SSSR count). The largest absolute Gasteiger partial charge is 0.374 e. The van der Waals surface area contributed by atoms with E-state index >= 15 is 0 Å². The summed E-state index contributed by atoms with van der Waals surface area (Å²) in [6.45, 7) is 11.1. The van der Waals surface area contributed by atoms with Gasteiger partial charge in [-0.15, -0.1) is 24.0 Å². The highest BCUT2D eigenvalue weighted by Gasteiger charge is 2.17. The first-order chi connectivity index (χ1) is 10.8. The molecule has 0 aliphatic carbocycles. The number of likely N-dealkylation sites (tertiary alicyclic amines) is 1. The summed E-state index contributed by atoms with van der Waals surface area (Å²) < 4.78 is 5.76. The van der Waals surface area contributed by atoms with Crippen molar-refractivity contribution < 1.29 is 4.74 Å². The molecule has 0 aromatic heterocycles. The lowest BCUT2D eigenvalue weighted by Crippen LogP contribution is -2.44. The minimum absolute atomic E-state index is 0. The molecule has 0 radical (unpaired) electrons. The minimum Gasteiger partial charge on any atom is -0.374 e. The van der Waals surface area contributed by atoms with Crippen molar-refractivity contribution in [2.45, 2.75) is 32.3 Å². The summed E-state index contributed by atoms with van der Waals surface area (Å²) in [6.07, 6.45) is 4.31. The lowest BCUT2D eigenvalue weighted by Gasteiger charge is -2.29. The molecule has 2 saturated heterocycles. The molecule has 1 atom stereocenters. The number of morpholine rings is 1. The van der Waals surface area contributed by atoms with Crippen LogP contribution in [-0.2, 0) is 4.74 Å². The van der Waals surface area contributed by atoms with Gasteiger partial charge >= 0.3 is 0 Å². The van der Waals surface area contributed by atoms with Crippen LogP contribution in [0.25, 0.3) is 0 Å². The highest BCUT2D eigenvalue weighted by molar-refractivity contribution is 14.0. The number of rotatable bonds is 6. The van der Waals surface area contributed by atoms with Gasteiger partial charge in [-0.05, 0) is 39.9 Å². The van der Waals surface area contributed by atoms with Crippen molar-refractivity contribution in [1.29, 1.82) is 0 Å². The third-order valence-corrected chi connectivity index (χ3v) is 4.31. The summed E-state index contributed by atoms with van der Waals surface area (Å²) >= 11 is 0. The van der Waals surface area contributed by atoms with Gasteiger partial charge in [-0.2, -0.15) is 0 Å². The first-order valence-corrected chi connectivity index (χ1v) is 8.82. The molecule has 0 aromatic rings. The lowest BCUT2D eigenvalue weighted by molar-refractivity contribution is -0.0136. The Bertz CT molecular complexity index is 336. The van der Waals surface area contributed by atoms with Crippen LogP contribution in [0.15, 0.2) is 4.99 Å². The predicted molar refractivity (Wildman–Crippen MR) is 107 cm³/mol. The van der Waals surface area contributed by atoms with Crippen LogP contribution in [0.4, 0.5) is 0 Å². The molecule has 2 fully saturated rings. The van der Waals surface area contributed by atoms with E-state index in [1.54, 1.807) is 0 Å². The zero-order valence-corrected chi connectivity index (χ0v) is 17.1. The van der Waals surface area contributed by atoms with Gasteiger partial charge in [0.2, 0.25) is 0 Å². The monoisotopic (exact) mass is 439 g/mol. The zero-order valence-electron chi connectivity index (χ0n) is 14.7. The average molecular weight is 439 g/mol. The van der Waals surface area contributed by atoms with Crippen molar-refractivity contribution >= 4 is 29.9 Å². The zero-order chi connectivity index (χ0) is 15.6. The number of hydrogen-bond acceptors (Lipinski definition) is 4. The number of nitrogens with zero attached hydrogens (tertiary/aromatic N) is 3. The van der Waals surface area contributed by atoms with Gasteiger partial charge < -0.3 is 25.2 Å². The van der Waals surface area contributed by atoms with Crippen LogP contribution in [0.3, 0.4) is 0 Å². The van der Waals surface area contributed by atoms with Crippen LogP contribution in [0, 0.1) is 0 Å². The van der Waals surface area contributed by atoms with Crippen molar-refractivity contribution in [2.75, 3.05) is 66.0 Å². The molecule has 6 nitrogen and oxygen atoms in total. The summed E-state index contributed by atoms with van der Waals surface area (Å²) in [4.78, 5) is 9.53. The minimum atomic E-state index is 0. The third kappa shape index (κ3) is 8.51. The number of halogens is 1. The van der Waals surface area contributed by atoms with E-state index in [4.69, 9.17) is 4.74 Å². The number of aliphatic imine (C=N–C) groups is 1. The van der Waals surface area contributed by atoms with E-state index in [2.05, 4.69) is 39.4 Å². The first-order valence-electron chi connectivity index (χ1n) is 8.82. The second kappa shape index (κ2) is 12.3. The van der Waals surface area contributed by atoms with Crippen LogP contribution in [-0.4, -0.2) is 87.9 Å². The second-order valence-electron chi connectivity index (χ2n) is 6.30. The van der Waals surface area contributed by atoms with Crippen molar-refractivity contribution in [2.24, 2.45) is 4.99 Å². The van der Waals surface area contributed by atoms with Crippen LogP contribution >= 0.6 is 24.0 Å². The summed E-state index contributed by atoms with van der Waals surface area (Å²) in [5.74, 6) is 0.913. The number of ether oxygens (including phenoxy) is 1. The molecule has 7 heteroatoms. The summed E-state index contributed by atoms with van der Waals surface area (Å²) in [6, 6.07) is 0. The Balaban J connectivity index is 0.00000264. The number of hydrogen-bond donors (Lipinski definition) is 2. The molecular weight excluding hydrogens is 405 g/mol. The van der Waals surface area contributed by atoms with Crippen molar-refractivity contribution in [1.82, 2.24) is 20.4 Å². The maximum Gasteiger partial charge on any atom is 0.191 e. The molecule has 2 aliphatic rings. The molecule has 2 N–H and O–H groups in total. The Labute approximate surface area is 158 Å².